The third-order valence-corrected chi connectivity index (χ3v) is 8.26. The number of thioether (sulfide) groups is 1. The van der Waals surface area contributed by atoms with Crippen molar-refractivity contribution in [2.24, 2.45) is 5.92 Å². The van der Waals surface area contributed by atoms with E-state index >= 15 is 0 Å². The van der Waals surface area contributed by atoms with Crippen LogP contribution in [-0.2, 0) is 17.9 Å². The number of hydrogen-bond acceptors (Lipinski definition) is 5. The summed E-state index contributed by atoms with van der Waals surface area (Å²) >= 11 is 7.54. The molecule has 1 heterocycles. The maximum absolute atomic E-state index is 12.8. The quantitative estimate of drug-likeness (QED) is 0.318. The first-order valence-electron chi connectivity index (χ1n) is 12.8. The lowest BCUT2D eigenvalue weighted by atomic mass is 9.85. The fourth-order valence-corrected chi connectivity index (χ4v) is 5.93. The number of carbonyl (C=O) groups is 1. The average Bonchev–Trinajstić information content (AvgIpc) is 3.45. The van der Waals surface area contributed by atoms with Crippen LogP contribution in [0.2, 0.25) is 0 Å². The van der Waals surface area contributed by atoms with Crippen molar-refractivity contribution in [2.45, 2.75) is 70.2 Å². The Morgan fingerprint density at radius 3 is 2.50 bits per heavy atom. The first-order chi connectivity index (χ1) is 17.2. The Morgan fingerprint density at radius 2 is 1.81 bits per heavy atom. The van der Waals surface area contributed by atoms with E-state index in [1.807, 2.05) is 30.3 Å². The molecular formula is C28H38ClN3O2S2. The Balaban J connectivity index is 0.00000361. The molecule has 1 amide bonds. The van der Waals surface area contributed by atoms with Crippen molar-refractivity contribution in [3.8, 4) is 5.75 Å². The van der Waals surface area contributed by atoms with E-state index in [0.717, 1.165) is 52.3 Å². The third-order valence-electron chi connectivity index (χ3n) is 6.89. The highest BCUT2D eigenvalue weighted by Gasteiger charge is 2.27. The second-order valence-corrected chi connectivity index (χ2v) is 11.0. The maximum atomic E-state index is 12.8. The Hall–Kier alpha value is -1.80. The molecule has 2 aromatic rings. The Bertz CT molecular complexity index is 934. The predicted molar refractivity (Wildman–Crippen MR) is 156 cm³/mol. The molecule has 1 saturated heterocycles. The van der Waals surface area contributed by atoms with Crippen molar-refractivity contribution in [1.82, 2.24) is 16.0 Å². The minimum absolute atomic E-state index is 0. The molecule has 196 valence electrons. The van der Waals surface area contributed by atoms with Crippen LogP contribution in [0, 0.1) is 5.92 Å². The number of carbonyl (C=O) groups excluding carboxylic acids is 1. The molecule has 8 heteroatoms. The van der Waals surface area contributed by atoms with Crippen LogP contribution in [-0.4, -0.2) is 34.6 Å². The van der Waals surface area contributed by atoms with Gasteiger partial charge in [0, 0.05) is 18.2 Å². The fraction of sp³-hybridized carbons (Fsp3) is 0.500. The van der Waals surface area contributed by atoms with Crippen LogP contribution in [0.3, 0.4) is 0 Å². The normalized spacial score (nSPS) is 18.6. The van der Waals surface area contributed by atoms with Gasteiger partial charge in [-0.2, -0.15) is 0 Å². The van der Waals surface area contributed by atoms with E-state index in [-0.39, 0.29) is 30.4 Å². The van der Waals surface area contributed by atoms with Crippen molar-refractivity contribution < 1.29 is 9.53 Å². The molecular weight excluding hydrogens is 510 g/mol. The summed E-state index contributed by atoms with van der Waals surface area (Å²) in [7, 11) is 0. The summed E-state index contributed by atoms with van der Waals surface area (Å²) < 4.78 is 5.89. The lowest BCUT2D eigenvalue weighted by molar-refractivity contribution is -0.122. The van der Waals surface area contributed by atoms with Crippen LogP contribution >= 0.6 is 36.4 Å². The van der Waals surface area contributed by atoms with Gasteiger partial charge in [-0.1, -0.05) is 86.8 Å². The average molecular weight is 548 g/mol. The van der Waals surface area contributed by atoms with Gasteiger partial charge in [-0.3, -0.25) is 10.1 Å². The number of rotatable bonds is 11. The van der Waals surface area contributed by atoms with E-state index in [0.29, 0.717) is 13.2 Å². The first-order valence-corrected chi connectivity index (χ1v) is 14.4. The number of amides is 1. The van der Waals surface area contributed by atoms with Gasteiger partial charge >= 0.3 is 0 Å². The molecule has 36 heavy (non-hydrogen) atoms. The molecule has 2 fully saturated rings. The van der Waals surface area contributed by atoms with Gasteiger partial charge in [-0.15, -0.1) is 24.2 Å². The van der Waals surface area contributed by atoms with Crippen molar-refractivity contribution in [2.75, 3.05) is 11.6 Å². The van der Waals surface area contributed by atoms with Crippen molar-refractivity contribution in [3.63, 3.8) is 0 Å². The molecule has 1 aliphatic carbocycles. The molecule has 2 aromatic carbocycles. The van der Waals surface area contributed by atoms with Gasteiger partial charge in [0.1, 0.15) is 12.4 Å². The minimum Gasteiger partial charge on any atom is -0.489 e. The number of halogens is 1. The van der Waals surface area contributed by atoms with Gasteiger partial charge < -0.3 is 15.4 Å². The number of hydrogen-bond donors (Lipinski definition) is 3. The largest absolute Gasteiger partial charge is 0.489 e. The summed E-state index contributed by atoms with van der Waals surface area (Å²) in [6.07, 6.45) is 8.65. The van der Waals surface area contributed by atoms with Gasteiger partial charge in [-0.05, 0) is 42.0 Å². The molecule has 5 nitrogen and oxygen atoms in total. The van der Waals surface area contributed by atoms with E-state index in [1.165, 1.54) is 32.1 Å². The fourth-order valence-electron chi connectivity index (χ4n) is 4.74. The molecule has 2 aliphatic rings. The first kappa shape index (κ1) is 28.8. The lowest BCUT2D eigenvalue weighted by Gasteiger charge is -2.26. The van der Waals surface area contributed by atoms with Crippen molar-refractivity contribution in [3.05, 3.63) is 65.7 Å². The summed E-state index contributed by atoms with van der Waals surface area (Å²) in [5, 5.41) is 9.91. The molecule has 0 radical (unpaired) electrons. The molecule has 0 unspecified atom stereocenters. The standard InChI is InChI=1S/C28H37N3O2S2.ClH/c32-27(26-19-35-20-30-26)31-25(16-13-21-7-3-1-4-8-21)28(34)29-17-22-11-14-24(15-12-22)33-18-23-9-5-2-6-10-23;/h2,5-6,9-12,14-15,21,25-26,30H,1,3-4,7-8,13,16-20H2,(H,29,34)(H,31,32);1H/t25-,26+;/m1./s1. The summed E-state index contributed by atoms with van der Waals surface area (Å²) in [4.78, 5) is 13.5. The zero-order chi connectivity index (χ0) is 24.3. The molecule has 3 N–H and O–H groups in total. The van der Waals surface area contributed by atoms with E-state index < -0.39 is 0 Å². The van der Waals surface area contributed by atoms with Gasteiger partial charge in [0.25, 0.3) is 0 Å². The van der Waals surface area contributed by atoms with Gasteiger partial charge in [0.2, 0.25) is 5.91 Å². The van der Waals surface area contributed by atoms with Crippen molar-refractivity contribution >= 4 is 47.3 Å². The van der Waals surface area contributed by atoms with Crippen LogP contribution in [0.15, 0.2) is 54.6 Å². The molecule has 1 saturated carbocycles. The lowest BCUT2D eigenvalue weighted by Crippen LogP contribution is -2.51. The van der Waals surface area contributed by atoms with Gasteiger partial charge in [0.15, 0.2) is 0 Å². The molecule has 4 rings (SSSR count). The molecule has 0 bridgehead atoms. The number of ether oxygens (including phenoxy) is 1. The third kappa shape index (κ3) is 9.25. The summed E-state index contributed by atoms with van der Waals surface area (Å²) in [5.41, 5.74) is 2.28. The second-order valence-electron chi connectivity index (χ2n) is 9.55. The van der Waals surface area contributed by atoms with E-state index in [1.54, 1.807) is 11.8 Å². The number of thiocarbonyl (C=S) groups is 1. The Labute approximate surface area is 231 Å². The number of benzene rings is 2. The van der Waals surface area contributed by atoms with E-state index in [2.05, 4.69) is 40.2 Å². The second kappa shape index (κ2) is 15.5. The molecule has 0 aromatic heterocycles. The monoisotopic (exact) mass is 547 g/mol. The Kier molecular flexibility index (Phi) is 12.3. The minimum atomic E-state index is -0.125. The van der Waals surface area contributed by atoms with Crippen LogP contribution in [0.25, 0.3) is 0 Å². The SMILES string of the molecule is Cl.O=C(N[C@H](CCC1CCCCC1)C(=S)NCc1ccc(OCc2ccccc2)cc1)[C@@H]1CSCN1. The van der Waals surface area contributed by atoms with E-state index in [9.17, 15) is 4.79 Å². The molecule has 1 aliphatic heterocycles. The maximum Gasteiger partial charge on any atom is 0.238 e. The summed E-state index contributed by atoms with van der Waals surface area (Å²) in [6.45, 7) is 1.18. The van der Waals surface area contributed by atoms with Crippen LogP contribution in [0.1, 0.15) is 56.1 Å². The van der Waals surface area contributed by atoms with Gasteiger partial charge in [-0.25, -0.2) is 0 Å². The van der Waals surface area contributed by atoms with Crippen molar-refractivity contribution in [1.29, 1.82) is 0 Å². The predicted octanol–water partition coefficient (Wildman–Crippen LogP) is 5.61. The van der Waals surface area contributed by atoms with E-state index in [4.69, 9.17) is 17.0 Å². The smallest absolute Gasteiger partial charge is 0.238 e. The van der Waals surface area contributed by atoms with Crippen LogP contribution < -0.4 is 20.7 Å². The molecule has 0 spiro atoms. The summed E-state index contributed by atoms with van der Waals surface area (Å²) in [6, 6.07) is 18.0. The molecule has 2 atom stereocenters. The summed E-state index contributed by atoms with van der Waals surface area (Å²) in [5.74, 6) is 3.32. The van der Waals surface area contributed by atoms with Gasteiger partial charge in [0.05, 0.1) is 17.1 Å². The topological polar surface area (TPSA) is 62.4 Å². The zero-order valence-electron chi connectivity index (χ0n) is 20.7. The van der Waals surface area contributed by atoms with Crippen LogP contribution in [0.5, 0.6) is 5.75 Å². The number of nitrogens with one attached hydrogen (secondary N) is 3. The highest BCUT2D eigenvalue weighted by molar-refractivity contribution is 7.99. The highest BCUT2D eigenvalue weighted by atomic mass is 35.5. The van der Waals surface area contributed by atoms with Crippen LogP contribution in [0.4, 0.5) is 0 Å². The zero-order valence-corrected chi connectivity index (χ0v) is 23.2. The highest BCUT2D eigenvalue weighted by Crippen LogP contribution is 2.28. The Morgan fingerprint density at radius 1 is 1.06 bits per heavy atom.